The molecule has 0 radical (unpaired) electrons. The van der Waals surface area contributed by atoms with E-state index in [1.165, 1.54) is 0 Å². The first-order valence-corrected chi connectivity index (χ1v) is 6.90. The van der Waals surface area contributed by atoms with E-state index >= 15 is 0 Å². The molecule has 21 heavy (non-hydrogen) atoms. The van der Waals surface area contributed by atoms with Crippen LogP contribution >= 0.6 is 15.9 Å². The van der Waals surface area contributed by atoms with Crippen LogP contribution in [0.2, 0.25) is 0 Å². The van der Waals surface area contributed by atoms with E-state index in [1.54, 1.807) is 13.1 Å². The van der Waals surface area contributed by atoms with Crippen LogP contribution in [0.15, 0.2) is 38.4 Å². The van der Waals surface area contributed by atoms with Crippen LogP contribution in [0.3, 0.4) is 0 Å². The summed E-state index contributed by atoms with van der Waals surface area (Å²) in [7, 11) is 0. The molecule has 0 fully saturated rings. The number of anilines is 1. The second kappa shape index (κ2) is 5.42. The maximum absolute atomic E-state index is 8.91. The maximum atomic E-state index is 8.91. The largest absolute Gasteiger partial charge is 0.422 e. The Labute approximate surface area is 128 Å². The third-order valence-corrected chi connectivity index (χ3v) is 3.38. The third kappa shape index (κ3) is 2.66. The Morgan fingerprint density at radius 3 is 3.19 bits per heavy atom. The lowest BCUT2D eigenvalue weighted by Gasteiger charge is -1.95. The van der Waals surface area contributed by atoms with Gasteiger partial charge in [-0.2, -0.15) is 10.4 Å². The summed E-state index contributed by atoms with van der Waals surface area (Å²) < 4.78 is 6.25. The number of hydrogen-bond acceptors (Lipinski definition) is 5. The summed E-state index contributed by atoms with van der Waals surface area (Å²) in [4.78, 5) is 7.09. The number of benzene rings is 1. The average Bonchev–Trinajstić information content (AvgIpc) is 3.02. The van der Waals surface area contributed by atoms with E-state index in [2.05, 4.69) is 36.4 Å². The van der Waals surface area contributed by atoms with Crippen molar-refractivity contribution in [1.29, 1.82) is 5.26 Å². The number of nitriles is 1. The monoisotopic (exact) mass is 343 g/mol. The molecular weight excluding hydrogens is 334 g/mol. The van der Waals surface area contributed by atoms with Gasteiger partial charge in [-0.05, 0) is 18.2 Å². The minimum absolute atomic E-state index is 0.186. The number of aromatic amines is 1. The van der Waals surface area contributed by atoms with Gasteiger partial charge in [-0.3, -0.25) is 0 Å². The number of fused-ring (bicyclic) bond motifs is 1. The molecular formula is C14H10BrN5O. The molecule has 2 aromatic heterocycles. The van der Waals surface area contributed by atoms with Gasteiger partial charge >= 0.3 is 0 Å². The first-order valence-electron chi connectivity index (χ1n) is 6.10. The first-order chi connectivity index (χ1) is 10.2. The van der Waals surface area contributed by atoms with Crippen LogP contribution in [-0.2, 0) is 0 Å². The van der Waals surface area contributed by atoms with Crippen LogP contribution in [0, 0.1) is 18.3 Å². The predicted octanol–water partition coefficient (Wildman–Crippen LogP) is 3.54. The number of aryl methyl sites for hydroxylation is 1. The molecule has 0 saturated carbocycles. The van der Waals surface area contributed by atoms with Gasteiger partial charge in [0.1, 0.15) is 6.07 Å². The van der Waals surface area contributed by atoms with Crippen molar-refractivity contribution in [2.75, 3.05) is 5.43 Å². The normalized spacial score (nSPS) is 11.1. The number of rotatable bonds is 3. The number of nitrogens with zero attached hydrogens (tertiary/aromatic N) is 3. The number of hydrogen-bond donors (Lipinski definition) is 2. The van der Waals surface area contributed by atoms with Crippen molar-refractivity contribution in [3.8, 4) is 6.07 Å². The van der Waals surface area contributed by atoms with Gasteiger partial charge in [0, 0.05) is 34.1 Å². The molecule has 3 rings (SSSR count). The van der Waals surface area contributed by atoms with Crippen LogP contribution in [0.25, 0.3) is 10.9 Å². The van der Waals surface area contributed by atoms with E-state index in [-0.39, 0.29) is 11.6 Å². The maximum Gasteiger partial charge on any atom is 0.252 e. The van der Waals surface area contributed by atoms with Gasteiger partial charge in [0.25, 0.3) is 5.88 Å². The zero-order valence-corrected chi connectivity index (χ0v) is 12.6. The number of oxazole rings is 1. The van der Waals surface area contributed by atoms with Crippen molar-refractivity contribution < 1.29 is 4.42 Å². The van der Waals surface area contributed by atoms with Gasteiger partial charge in [0.05, 0.1) is 6.21 Å². The van der Waals surface area contributed by atoms with Gasteiger partial charge in [-0.15, -0.1) is 0 Å². The van der Waals surface area contributed by atoms with Crippen molar-refractivity contribution in [3.63, 3.8) is 0 Å². The van der Waals surface area contributed by atoms with Crippen LogP contribution in [0.4, 0.5) is 5.88 Å². The van der Waals surface area contributed by atoms with E-state index in [0.29, 0.717) is 5.89 Å². The average molecular weight is 344 g/mol. The standard InChI is InChI=1S/C14H10BrN5O/c1-8-19-13(5-16)14(21-8)20-18-7-9-6-17-12-3-2-10(15)4-11(9)12/h2-4,6-7,17,20H,1H3/b18-7+. The fourth-order valence-corrected chi connectivity index (χ4v) is 2.32. The fourth-order valence-electron chi connectivity index (χ4n) is 1.96. The molecule has 1 aromatic carbocycles. The van der Waals surface area contributed by atoms with Crippen LogP contribution < -0.4 is 5.43 Å². The lowest BCUT2D eigenvalue weighted by molar-refractivity contribution is 0.533. The molecule has 0 unspecified atom stereocenters. The predicted molar refractivity (Wildman–Crippen MR) is 83.2 cm³/mol. The second-order valence-electron chi connectivity index (χ2n) is 4.33. The molecule has 2 N–H and O–H groups in total. The minimum Gasteiger partial charge on any atom is -0.422 e. The quantitative estimate of drug-likeness (QED) is 0.562. The Hall–Kier alpha value is -2.59. The van der Waals surface area contributed by atoms with Crippen LogP contribution in [-0.4, -0.2) is 16.2 Å². The SMILES string of the molecule is Cc1nc(C#N)c(N/N=C/c2c[nH]c3ccc(Br)cc23)o1. The molecule has 0 bridgehead atoms. The van der Waals surface area contributed by atoms with Gasteiger partial charge in [0.2, 0.25) is 5.69 Å². The van der Waals surface area contributed by atoms with E-state index in [9.17, 15) is 0 Å². The Balaban J connectivity index is 1.85. The Kier molecular flexibility index (Phi) is 3.46. The van der Waals surface area contributed by atoms with Gasteiger partial charge in [-0.25, -0.2) is 10.4 Å². The molecule has 3 aromatic rings. The molecule has 2 heterocycles. The summed E-state index contributed by atoms with van der Waals surface area (Å²) in [5.74, 6) is 0.660. The van der Waals surface area contributed by atoms with Gasteiger partial charge in [-0.1, -0.05) is 15.9 Å². The Morgan fingerprint density at radius 2 is 2.38 bits per heavy atom. The smallest absolute Gasteiger partial charge is 0.252 e. The third-order valence-electron chi connectivity index (χ3n) is 2.89. The lowest BCUT2D eigenvalue weighted by atomic mass is 10.2. The van der Waals surface area contributed by atoms with Crippen molar-refractivity contribution in [2.45, 2.75) is 6.92 Å². The summed E-state index contributed by atoms with van der Waals surface area (Å²) in [5.41, 5.74) is 4.83. The molecule has 0 saturated heterocycles. The topological polar surface area (TPSA) is 90.0 Å². The lowest BCUT2D eigenvalue weighted by Crippen LogP contribution is -1.91. The Morgan fingerprint density at radius 1 is 1.52 bits per heavy atom. The summed E-state index contributed by atoms with van der Waals surface area (Å²) in [6.07, 6.45) is 3.52. The summed E-state index contributed by atoms with van der Waals surface area (Å²) in [5, 5.41) is 14.0. The van der Waals surface area contributed by atoms with Crippen LogP contribution in [0.5, 0.6) is 0 Å². The van der Waals surface area contributed by atoms with E-state index in [4.69, 9.17) is 9.68 Å². The molecule has 0 aliphatic rings. The molecule has 7 heteroatoms. The van der Waals surface area contributed by atoms with Crippen LogP contribution in [0.1, 0.15) is 17.1 Å². The van der Waals surface area contributed by atoms with Crippen molar-refractivity contribution in [1.82, 2.24) is 9.97 Å². The Bertz CT molecular complexity index is 871. The van der Waals surface area contributed by atoms with E-state index < -0.39 is 0 Å². The molecule has 104 valence electrons. The zero-order valence-electron chi connectivity index (χ0n) is 11.0. The highest BCUT2D eigenvalue weighted by atomic mass is 79.9. The zero-order chi connectivity index (χ0) is 14.8. The molecule has 0 atom stereocenters. The molecule has 0 aliphatic heterocycles. The van der Waals surface area contributed by atoms with Crippen molar-refractivity contribution in [2.24, 2.45) is 5.10 Å². The number of nitrogens with one attached hydrogen (secondary N) is 2. The molecule has 0 spiro atoms. The molecule has 0 aliphatic carbocycles. The molecule has 6 nitrogen and oxygen atoms in total. The fraction of sp³-hybridized carbons (Fsp3) is 0.0714. The van der Waals surface area contributed by atoms with E-state index in [0.717, 1.165) is 20.9 Å². The minimum atomic E-state index is 0.186. The summed E-state index contributed by atoms with van der Waals surface area (Å²) >= 11 is 3.44. The van der Waals surface area contributed by atoms with Gasteiger partial charge in [0.15, 0.2) is 5.89 Å². The number of aromatic nitrogens is 2. The highest BCUT2D eigenvalue weighted by Crippen LogP contribution is 2.22. The number of halogens is 1. The second-order valence-corrected chi connectivity index (χ2v) is 5.24. The molecule has 0 amide bonds. The highest BCUT2D eigenvalue weighted by molar-refractivity contribution is 9.10. The van der Waals surface area contributed by atoms with Crippen molar-refractivity contribution >= 4 is 38.9 Å². The highest BCUT2D eigenvalue weighted by Gasteiger charge is 2.09. The number of hydrazone groups is 1. The van der Waals surface area contributed by atoms with Crippen molar-refractivity contribution in [3.05, 3.63) is 46.0 Å². The summed E-state index contributed by atoms with van der Waals surface area (Å²) in [6, 6.07) is 7.90. The van der Waals surface area contributed by atoms with Gasteiger partial charge < -0.3 is 9.40 Å². The van der Waals surface area contributed by atoms with E-state index in [1.807, 2.05) is 30.5 Å². The number of H-pyrrole nitrogens is 1. The first kappa shape index (κ1) is 13.4. The summed E-state index contributed by atoms with van der Waals surface area (Å²) in [6.45, 7) is 1.67.